The fraction of sp³-hybridized carbons (Fsp3) is 0.364. The maximum absolute atomic E-state index is 12.3. The van der Waals surface area contributed by atoms with Gasteiger partial charge in [0, 0.05) is 0 Å². The van der Waals surface area contributed by atoms with Gasteiger partial charge in [0.25, 0.3) is 0 Å². The number of rotatable bonds is 2. The van der Waals surface area contributed by atoms with Crippen LogP contribution in [0.2, 0.25) is 0 Å². The first-order valence-electron chi connectivity index (χ1n) is 4.72. The summed E-state index contributed by atoms with van der Waals surface area (Å²) in [5.41, 5.74) is 3.16. The van der Waals surface area contributed by atoms with E-state index in [0.717, 1.165) is 16.9 Å². The molecular weight excluding hydrogens is 179 g/mol. The number of imidazole rings is 1. The molecule has 0 spiro atoms. The summed E-state index contributed by atoms with van der Waals surface area (Å²) in [6.45, 7) is 3.99. The fourth-order valence-electron chi connectivity index (χ4n) is 1.73. The van der Waals surface area contributed by atoms with Crippen LogP contribution in [0.25, 0.3) is 11.0 Å². The van der Waals surface area contributed by atoms with E-state index in [4.69, 9.17) is 0 Å². The molecule has 0 radical (unpaired) electrons. The van der Waals surface area contributed by atoms with Gasteiger partial charge in [-0.2, -0.15) is 0 Å². The van der Waals surface area contributed by atoms with E-state index in [9.17, 15) is 4.39 Å². The highest BCUT2D eigenvalue weighted by molar-refractivity contribution is 5.76. The Hall–Kier alpha value is -1.38. The first-order valence-corrected chi connectivity index (χ1v) is 4.72. The zero-order chi connectivity index (χ0) is 10.1. The molecule has 2 rings (SSSR count). The van der Waals surface area contributed by atoms with E-state index in [1.807, 2.05) is 36.6 Å². The van der Waals surface area contributed by atoms with Crippen molar-refractivity contribution < 1.29 is 4.39 Å². The molecule has 0 aliphatic carbocycles. The van der Waals surface area contributed by atoms with Crippen LogP contribution >= 0.6 is 0 Å². The Morgan fingerprint density at radius 1 is 1.36 bits per heavy atom. The average Bonchev–Trinajstić information content (AvgIpc) is 2.43. The van der Waals surface area contributed by atoms with Crippen LogP contribution in [0.4, 0.5) is 4.39 Å². The van der Waals surface area contributed by atoms with E-state index in [0.29, 0.717) is 6.54 Å². The smallest absolute Gasteiger partial charge is 0.107 e. The summed E-state index contributed by atoms with van der Waals surface area (Å²) in [6.07, 6.45) is 0. The molecule has 0 saturated carbocycles. The summed E-state index contributed by atoms with van der Waals surface area (Å²) in [6, 6.07) is 6.05. The lowest BCUT2D eigenvalue weighted by Crippen LogP contribution is -2.01. The van der Waals surface area contributed by atoms with Crippen LogP contribution < -0.4 is 0 Å². The van der Waals surface area contributed by atoms with Crippen LogP contribution in [-0.4, -0.2) is 16.2 Å². The molecule has 2 nitrogen and oxygen atoms in total. The molecule has 0 fully saturated rings. The highest BCUT2D eigenvalue weighted by Gasteiger charge is 2.06. The van der Waals surface area contributed by atoms with Crippen molar-refractivity contribution in [3.63, 3.8) is 0 Å². The monoisotopic (exact) mass is 192 g/mol. The Morgan fingerprint density at radius 2 is 2.14 bits per heavy atom. The third kappa shape index (κ3) is 1.39. The van der Waals surface area contributed by atoms with Crippen molar-refractivity contribution in [2.45, 2.75) is 20.4 Å². The number of aryl methyl sites for hydroxylation is 3. The summed E-state index contributed by atoms with van der Waals surface area (Å²) in [4.78, 5) is 4.39. The molecule has 0 bridgehead atoms. The van der Waals surface area contributed by atoms with Crippen molar-refractivity contribution in [3.05, 3.63) is 29.6 Å². The number of benzene rings is 1. The molecule has 0 aliphatic rings. The zero-order valence-corrected chi connectivity index (χ0v) is 8.42. The van der Waals surface area contributed by atoms with Gasteiger partial charge < -0.3 is 4.57 Å². The molecule has 0 saturated heterocycles. The van der Waals surface area contributed by atoms with Crippen LogP contribution in [0, 0.1) is 13.8 Å². The average molecular weight is 192 g/mol. The fourth-order valence-corrected chi connectivity index (χ4v) is 1.73. The van der Waals surface area contributed by atoms with Crippen molar-refractivity contribution >= 4 is 11.0 Å². The van der Waals surface area contributed by atoms with Gasteiger partial charge in [0.15, 0.2) is 0 Å². The standard InChI is InChI=1S/C11H13FN2/c1-8-3-4-11-10(7-8)13-9(2)14(11)6-5-12/h3-4,7H,5-6H2,1-2H3. The molecule has 74 valence electrons. The SMILES string of the molecule is Cc1ccc2c(c1)nc(C)n2CCF. The topological polar surface area (TPSA) is 17.8 Å². The van der Waals surface area contributed by atoms with Crippen LogP contribution in [0.3, 0.4) is 0 Å². The Bertz CT molecular complexity index is 460. The van der Waals surface area contributed by atoms with Gasteiger partial charge in [-0.3, -0.25) is 0 Å². The van der Waals surface area contributed by atoms with Gasteiger partial charge in [-0.05, 0) is 31.5 Å². The van der Waals surface area contributed by atoms with Crippen molar-refractivity contribution in [3.8, 4) is 0 Å². The summed E-state index contributed by atoms with van der Waals surface area (Å²) < 4.78 is 14.2. The number of fused-ring (bicyclic) bond motifs is 1. The number of aromatic nitrogens is 2. The normalized spacial score (nSPS) is 11.1. The van der Waals surface area contributed by atoms with Crippen molar-refractivity contribution in [2.24, 2.45) is 0 Å². The maximum Gasteiger partial charge on any atom is 0.107 e. The molecule has 14 heavy (non-hydrogen) atoms. The van der Waals surface area contributed by atoms with Gasteiger partial charge in [-0.25, -0.2) is 9.37 Å². The molecule has 0 aliphatic heterocycles. The van der Waals surface area contributed by atoms with Crippen LogP contribution in [0.15, 0.2) is 18.2 Å². The van der Waals surface area contributed by atoms with E-state index >= 15 is 0 Å². The van der Waals surface area contributed by atoms with Crippen LogP contribution in [0.5, 0.6) is 0 Å². The number of halogens is 1. The summed E-state index contributed by atoms with van der Waals surface area (Å²) >= 11 is 0. The van der Waals surface area contributed by atoms with E-state index in [1.165, 1.54) is 5.56 Å². The molecule has 1 aromatic heterocycles. The zero-order valence-electron chi connectivity index (χ0n) is 8.42. The van der Waals surface area contributed by atoms with Crippen molar-refractivity contribution in [1.82, 2.24) is 9.55 Å². The lowest BCUT2D eigenvalue weighted by molar-refractivity contribution is 0.446. The molecule has 0 amide bonds. The molecule has 3 heteroatoms. The third-order valence-electron chi connectivity index (χ3n) is 2.40. The number of hydrogen-bond donors (Lipinski definition) is 0. The van der Waals surface area contributed by atoms with Crippen LogP contribution in [0.1, 0.15) is 11.4 Å². The first kappa shape index (κ1) is 9.19. The predicted octanol–water partition coefficient (Wildman–Crippen LogP) is 2.62. The lowest BCUT2D eigenvalue weighted by atomic mass is 10.2. The summed E-state index contributed by atoms with van der Waals surface area (Å²) in [5, 5.41) is 0. The first-order chi connectivity index (χ1) is 6.72. The van der Waals surface area contributed by atoms with Gasteiger partial charge in [-0.1, -0.05) is 6.07 Å². The van der Waals surface area contributed by atoms with Gasteiger partial charge in [0.1, 0.15) is 12.5 Å². The van der Waals surface area contributed by atoms with E-state index < -0.39 is 0 Å². The van der Waals surface area contributed by atoms with Gasteiger partial charge in [-0.15, -0.1) is 0 Å². The Kier molecular flexibility index (Phi) is 2.23. The summed E-state index contributed by atoms with van der Waals surface area (Å²) in [7, 11) is 0. The molecule has 0 unspecified atom stereocenters. The Labute approximate surface area is 82.4 Å². The van der Waals surface area contributed by atoms with E-state index in [-0.39, 0.29) is 6.67 Å². The quantitative estimate of drug-likeness (QED) is 0.715. The Balaban J connectivity index is 2.64. The Morgan fingerprint density at radius 3 is 2.86 bits per heavy atom. The van der Waals surface area contributed by atoms with Crippen molar-refractivity contribution in [1.29, 1.82) is 0 Å². The number of alkyl halides is 1. The van der Waals surface area contributed by atoms with Gasteiger partial charge >= 0.3 is 0 Å². The van der Waals surface area contributed by atoms with E-state index in [1.54, 1.807) is 0 Å². The minimum atomic E-state index is -0.347. The van der Waals surface area contributed by atoms with Gasteiger partial charge in [0.05, 0.1) is 17.6 Å². The molecule has 2 aromatic rings. The minimum absolute atomic E-state index is 0.347. The third-order valence-corrected chi connectivity index (χ3v) is 2.40. The highest BCUT2D eigenvalue weighted by atomic mass is 19.1. The van der Waals surface area contributed by atoms with Gasteiger partial charge in [0.2, 0.25) is 0 Å². The molecular formula is C11H13FN2. The summed E-state index contributed by atoms with van der Waals surface area (Å²) in [5.74, 6) is 0.878. The lowest BCUT2D eigenvalue weighted by Gasteiger charge is -2.02. The molecule has 1 heterocycles. The van der Waals surface area contributed by atoms with Crippen molar-refractivity contribution in [2.75, 3.05) is 6.67 Å². The predicted molar refractivity (Wildman–Crippen MR) is 55.2 cm³/mol. The maximum atomic E-state index is 12.3. The second kappa shape index (κ2) is 3.40. The molecule has 1 aromatic carbocycles. The van der Waals surface area contributed by atoms with Crippen LogP contribution in [-0.2, 0) is 6.54 Å². The molecule has 0 N–H and O–H groups in total. The number of hydrogen-bond acceptors (Lipinski definition) is 1. The largest absolute Gasteiger partial charge is 0.326 e. The second-order valence-corrected chi connectivity index (χ2v) is 3.49. The number of nitrogens with zero attached hydrogens (tertiary/aromatic N) is 2. The highest BCUT2D eigenvalue weighted by Crippen LogP contribution is 2.17. The minimum Gasteiger partial charge on any atom is -0.326 e. The van der Waals surface area contributed by atoms with E-state index in [2.05, 4.69) is 4.98 Å². The molecule has 0 atom stereocenters. The second-order valence-electron chi connectivity index (χ2n) is 3.49.